The molecule has 1 N–H and O–H groups in total. The summed E-state index contributed by atoms with van der Waals surface area (Å²) in [5.41, 5.74) is 0.308. The first-order chi connectivity index (χ1) is 16.3. The zero-order chi connectivity index (χ0) is 27.5. The van der Waals surface area contributed by atoms with Gasteiger partial charge in [-0.25, -0.2) is 4.79 Å². The molecule has 1 saturated heterocycles. The quantitative estimate of drug-likeness (QED) is 0.336. The van der Waals surface area contributed by atoms with Gasteiger partial charge < -0.3 is 19.2 Å². The Kier molecular flexibility index (Phi) is 9.84. The number of aliphatic hydroxyl groups is 1. The molecule has 0 unspecified atom stereocenters. The van der Waals surface area contributed by atoms with Crippen LogP contribution in [0, 0.1) is 6.92 Å². The Morgan fingerprint density at radius 2 is 1.72 bits per heavy atom. The molecular formula is C26H45NO7SSi. The van der Waals surface area contributed by atoms with Crippen LogP contribution in [0.3, 0.4) is 0 Å². The van der Waals surface area contributed by atoms with E-state index in [1.165, 1.54) is 12.1 Å². The highest BCUT2D eigenvalue weighted by molar-refractivity contribution is 7.86. The third-order valence-electron chi connectivity index (χ3n) is 6.81. The van der Waals surface area contributed by atoms with Crippen molar-refractivity contribution in [2.75, 3.05) is 13.2 Å². The van der Waals surface area contributed by atoms with E-state index in [0.29, 0.717) is 13.0 Å². The smallest absolute Gasteiger partial charge is 0.410 e. The number of carbonyl (C=O) groups is 1. The van der Waals surface area contributed by atoms with Crippen LogP contribution in [0.2, 0.25) is 18.1 Å². The van der Waals surface area contributed by atoms with Crippen LogP contribution in [-0.4, -0.2) is 69.8 Å². The molecule has 1 fully saturated rings. The molecule has 0 bridgehead atoms. The van der Waals surface area contributed by atoms with Crippen molar-refractivity contribution in [1.29, 1.82) is 0 Å². The van der Waals surface area contributed by atoms with E-state index < -0.39 is 36.2 Å². The lowest BCUT2D eigenvalue weighted by Crippen LogP contribution is -2.45. The molecule has 0 radical (unpaired) electrons. The predicted octanol–water partition coefficient (Wildman–Crippen LogP) is 5.24. The molecule has 10 heteroatoms. The molecule has 206 valence electrons. The molecule has 0 spiro atoms. The first-order valence-corrected chi connectivity index (χ1v) is 16.9. The van der Waals surface area contributed by atoms with Crippen molar-refractivity contribution in [3.63, 3.8) is 0 Å². The largest absolute Gasteiger partial charge is 0.444 e. The molecule has 2 rings (SSSR count). The van der Waals surface area contributed by atoms with Crippen LogP contribution in [0.4, 0.5) is 4.79 Å². The molecule has 1 aromatic carbocycles. The zero-order valence-electron chi connectivity index (χ0n) is 23.3. The SMILES string of the molecule is Cc1ccc(S(=O)(=O)OCC[C@H](O)C[C@@H]2C[C@@H](O[Si](C)(C)C(C)(C)C)CN2C(=O)OC(C)(C)C)cc1. The number of benzene rings is 1. The highest BCUT2D eigenvalue weighted by Crippen LogP contribution is 2.39. The van der Waals surface area contributed by atoms with Gasteiger partial charge in [-0.2, -0.15) is 8.42 Å². The molecule has 1 aromatic rings. The standard InChI is InChI=1S/C26H45NO7SSi/c1-19-10-12-23(13-11-19)35(30,31)32-15-14-21(28)16-20-17-22(34-36(8,9)26(5,6)7)18-27(20)24(29)33-25(2,3)4/h10-13,20-22,28H,14-18H2,1-9H3/t20-,21+,22-/m1/s1. The normalized spacial score (nSPS) is 20.4. The molecule has 1 heterocycles. The van der Waals surface area contributed by atoms with E-state index in [4.69, 9.17) is 13.3 Å². The van der Waals surface area contributed by atoms with Gasteiger partial charge in [-0.15, -0.1) is 0 Å². The van der Waals surface area contributed by atoms with Crippen LogP contribution in [0.1, 0.15) is 66.4 Å². The molecule has 0 saturated carbocycles. The second-order valence-corrected chi connectivity index (χ2v) is 18.7. The van der Waals surface area contributed by atoms with E-state index >= 15 is 0 Å². The lowest BCUT2D eigenvalue weighted by Gasteiger charge is -2.38. The topological polar surface area (TPSA) is 102 Å². The second-order valence-electron chi connectivity index (χ2n) is 12.3. The summed E-state index contributed by atoms with van der Waals surface area (Å²) in [5, 5.41) is 10.7. The van der Waals surface area contributed by atoms with Crippen LogP contribution in [0.25, 0.3) is 0 Å². The molecule has 1 aliphatic heterocycles. The van der Waals surface area contributed by atoms with Crippen LogP contribution in [0.15, 0.2) is 29.2 Å². The van der Waals surface area contributed by atoms with Crippen molar-refractivity contribution in [1.82, 2.24) is 4.90 Å². The summed E-state index contributed by atoms with van der Waals surface area (Å²) in [6.45, 7) is 18.5. The Balaban J connectivity index is 2.03. The molecule has 0 aromatic heterocycles. The first kappa shape index (κ1) is 30.8. The van der Waals surface area contributed by atoms with Crippen molar-refractivity contribution in [3.05, 3.63) is 29.8 Å². The van der Waals surface area contributed by atoms with E-state index in [9.17, 15) is 18.3 Å². The van der Waals surface area contributed by atoms with Gasteiger partial charge in [0.05, 0.1) is 23.7 Å². The average molecular weight is 544 g/mol. The van der Waals surface area contributed by atoms with E-state index in [-0.39, 0.29) is 41.5 Å². The van der Waals surface area contributed by atoms with Gasteiger partial charge in [-0.05, 0) is 77.2 Å². The minimum Gasteiger partial charge on any atom is -0.444 e. The fourth-order valence-electron chi connectivity index (χ4n) is 3.82. The van der Waals surface area contributed by atoms with E-state index in [0.717, 1.165) is 5.56 Å². The molecule has 1 amide bonds. The lowest BCUT2D eigenvalue weighted by atomic mass is 10.0. The Hall–Kier alpha value is -1.46. The second kappa shape index (κ2) is 11.5. The number of hydrogen-bond donors (Lipinski definition) is 1. The summed E-state index contributed by atoms with van der Waals surface area (Å²) in [6, 6.07) is 6.14. The van der Waals surface area contributed by atoms with E-state index in [1.807, 2.05) is 27.7 Å². The Morgan fingerprint density at radius 1 is 1.14 bits per heavy atom. The fraction of sp³-hybridized carbons (Fsp3) is 0.731. The van der Waals surface area contributed by atoms with Gasteiger partial charge in [0.2, 0.25) is 0 Å². The van der Waals surface area contributed by atoms with Crippen molar-refractivity contribution in [2.45, 2.75) is 115 Å². The maximum atomic E-state index is 13.0. The average Bonchev–Trinajstić information content (AvgIpc) is 3.07. The minimum absolute atomic E-state index is 0.0294. The first-order valence-electron chi connectivity index (χ1n) is 12.6. The summed E-state index contributed by atoms with van der Waals surface area (Å²) in [5.74, 6) is 0. The number of amides is 1. The molecule has 8 nitrogen and oxygen atoms in total. The van der Waals surface area contributed by atoms with Gasteiger partial charge in [0, 0.05) is 12.6 Å². The molecule has 3 atom stereocenters. The number of likely N-dealkylation sites (tertiary alicyclic amines) is 1. The van der Waals surface area contributed by atoms with Crippen molar-refractivity contribution in [3.8, 4) is 0 Å². The number of rotatable bonds is 9. The number of hydrogen-bond acceptors (Lipinski definition) is 7. The molecule has 0 aliphatic carbocycles. The number of ether oxygens (including phenoxy) is 1. The number of nitrogens with zero attached hydrogens (tertiary/aromatic N) is 1. The van der Waals surface area contributed by atoms with Gasteiger partial charge in [0.25, 0.3) is 10.1 Å². The summed E-state index contributed by atoms with van der Waals surface area (Å²) >= 11 is 0. The number of aryl methyl sites for hydroxylation is 1. The van der Waals surface area contributed by atoms with Gasteiger partial charge in [-0.1, -0.05) is 38.5 Å². The Labute approximate surface area is 218 Å². The van der Waals surface area contributed by atoms with Crippen LogP contribution < -0.4 is 0 Å². The highest BCUT2D eigenvalue weighted by Gasteiger charge is 2.44. The molecular weight excluding hydrogens is 498 g/mol. The van der Waals surface area contributed by atoms with Gasteiger partial charge in [0.1, 0.15) is 5.60 Å². The molecule has 1 aliphatic rings. The Bertz CT molecular complexity index is 981. The lowest BCUT2D eigenvalue weighted by molar-refractivity contribution is 0.0160. The third kappa shape index (κ3) is 8.83. The van der Waals surface area contributed by atoms with Crippen LogP contribution in [-0.2, 0) is 23.5 Å². The number of carbonyl (C=O) groups excluding carboxylic acids is 1. The van der Waals surface area contributed by atoms with Crippen LogP contribution in [0.5, 0.6) is 0 Å². The summed E-state index contributed by atoms with van der Waals surface area (Å²) in [4.78, 5) is 14.7. The maximum absolute atomic E-state index is 13.0. The Morgan fingerprint density at radius 3 is 2.25 bits per heavy atom. The maximum Gasteiger partial charge on any atom is 0.410 e. The van der Waals surface area contributed by atoms with Crippen LogP contribution >= 0.6 is 0 Å². The van der Waals surface area contributed by atoms with E-state index in [2.05, 4.69) is 33.9 Å². The van der Waals surface area contributed by atoms with Crippen molar-refractivity contribution in [2.24, 2.45) is 0 Å². The van der Waals surface area contributed by atoms with Gasteiger partial charge in [-0.3, -0.25) is 4.18 Å². The molecule has 36 heavy (non-hydrogen) atoms. The number of aliphatic hydroxyl groups excluding tert-OH is 1. The zero-order valence-corrected chi connectivity index (χ0v) is 25.1. The third-order valence-corrected chi connectivity index (χ3v) is 12.7. The van der Waals surface area contributed by atoms with Gasteiger partial charge in [0.15, 0.2) is 8.32 Å². The van der Waals surface area contributed by atoms with E-state index in [1.54, 1.807) is 17.0 Å². The van der Waals surface area contributed by atoms with Crippen molar-refractivity contribution >= 4 is 24.5 Å². The summed E-state index contributed by atoms with van der Waals surface area (Å²) in [7, 11) is -5.96. The minimum atomic E-state index is -3.90. The summed E-state index contributed by atoms with van der Waals surface area (Å²) < 4.78 is 42.2. The van der Waals surface area contributed by atoms with Gasteiger partial charge >= 0.3 is 6.09 Å². The summed E-state index contributed by atoms with van der Waals surface area (Å²) in [6.07, 6.45) is -0.430. The predicted molar refractivity (Wildman–Crippen MR) is 143 cm³/mol. The monoisotopic (exact) mass is 543 g/mol. The fourth-order valence-corrected chi connectivity index (χ4v) is 6.10. The van der Waals surface area contributed by atoms with Crippen molar-refractivity contribution < 1.29 is 31.7 Å². The highest BCUT2D eigenvalue weighted by atomic mass is 32.2.